The molecule has 0 saturated heterocycles. The fraction of sp³-hybridized carbons (Fsp3) is 0.143. The number of halogens is 1. The van der Waals surface area contributed by atoms with E-state index in [9.17, 15) is 4.39 Å². The smallest absolute Gasteiger partial charge is 0.124 e. The molecule has 1 aromatic heterocycles. The highest BCUT2D eigenvalue weighted by Gasteiger charge is 2.03. The van der Waals surface area contributed by atoms with Crippen molar-refractivity contribution >= 4 is 23.1 Å². The van der Waals surface area contributed by atoms with E-state index in [1.807, 2.05) is 17.5 Å². The predicted octanol–water partition coefficient (Wildman–Crippen LogP) is 3.49. The number of hydrogen-bond acceptors (Lipinski definition) is 3. The third-order valence-corrected chi connectivity index (χ3v) is 4.36. The summed E-state index contributed by atoms with van der Waals surface area (Å²) in [6.45, 7) is 0.367. The minimum absolute atomic E-state index is 0.200. The van der Waals surface area contributed by atoms with Crippen molar-refractivity contribution in [1.29, 1.82) is 0 Å². The summed E-state index contributed by atoms with van der Waals surface area (Å²) in [5, 5.41) is 2.02. The van der Waals surface area contributed by atoms with Crippen LogP contribution in [0.25, 0.3) is 0 Å². The zero-order chi connectivity index (χ0) is 12.8. The molecular weight excluding hydrogens is 265 g/mol. The maximum absolute atomic E-state index is 13.0. The van der Waals surface area contributed by atoms with Crippen LogP contribution in [-0.2, 0) is 5.75 Å². The summed E-state index contributed by atoms with van der Waals surface area (Å²) in [6.07, 6.45) is 0. The van der Waals surface area contributed by atoms with Gasteiger partial charge in [0.25, 0.3) is 0 Å². The number of rotatable bonds is 3. The lowest BCUT2D eigenvalue weighted by Gasteiger charge is -2.00. The minimum Gasteiger partial charge on any atom is -0.320 e. The maximum atomic E-state index is 13.0. The van der Waals surface area contributed by atoms with Crippen LogP contribution in [-0.4, -0.2) is 6.54 Å². The molecule has 0 fully saturated rings. The second kappa shape index (κ2) is 6.60. The molecule has 92 valence electrons. The number of thiophene rings is 1. The van der Waals surface area contributed by atoms with Crippen molar-refractivity contribution in [3.8, 4) is 11.8 Å². The Morgan fingerprint density at radius 1 is 1.33 bits per heavy atom. The number of benzene rings is 1. The van der Waals surface area contributed by atoms with Crippen molar-refractivity contribution in [2.45, 2.75) is 10.6 Å². The molecule has 1 nitrogen and oxygen atoms in total. The van der Waals surface area contributed by atoms with Crippen molar-refractivity contribution in [2.75, 3.05) is 6.54 Å². The van der Waals surface area contributed by atoms with Gasteiger partial charge in [-0.25, -0.2) is 4.39 Å². The molecule has 2 rings (SSSR count). The van der Waals surface area contributed by atoms with Crippen LogP contribution in [0.1, 0.15) is 10.4 Å². The summed E-state index contributed by atoms with van der Waals surface area (Å²) < 4.78 is 13.0. The number of hydrogen-bond donors (Lipinski definition) is 1. The van der Waals surface area contributed by atoms with E-state index in [4.69, 9.17) is 5.73 Å². The summed E-state index contributed by atoms with van der Waals surface area (Å²) in [4.78, 5) is 2.13. The van der Waals surface area contributed by atoms with E-state index in [2.05, 4.69) is 11.8 Å². The van der Waals surface area contributed by atoms with Crippen LogP contribution in [0.5, 0.6) is 0 Å². The third-order valence-electron chi connectivity index (χ3n) is 2.24. The van der Waals surface area contributed by atoms with Gasteiger partial charge in [0.15, 0.2) is 0 Å². The summed E-state index contributed by atoms with van der Waals surface area (Å²) >= 11 is 3.28. The van der Waals surface area contributed by atoms with E-state index in [1.165, 1.54) is 10.9 Å². The molecule has 0 saturated carbocycles. The van der Waals surface area contributed by atoms with Crippen molar-refractivity contribution in [3.05, 3.63) is 52.0 Å². The first kappa shape index (κ1) is 13.2. The van der Waals surface area contributed by atoms with E-state index >= 15 is 0 Å². The molecule has 0 amide bonds. The lowest BCUT2D eigenvalue weighted by atomic mass is 10.3. The molecule has 0 aliphatic heterocycles. The molecule has 0 bridgehead atoms. The van der Waals surface area contributed by atoms with Gasteiger partial charge in [0.05, 0.1) is 6.54 Å². The molecular formula is C14H12FNS2. The first-order chi connectivity index (χ1) is 8.79. The Balaban J connectivity index is 2.04. The minimum atomic E-state index is -0.200. The lowest BCUT2D eigenvalue weighted by Crippen LogP contribution is -1.93. The SMILES string of the molecule is NCC#Cc1ccsc1CSc1cccc(F)c1. The van der Waals surface area contributed by atoms with Crippen LogP contribution < -0.4 is 5.73 Å². The summed E-state index contributed by atoms with van der Waals surface area (Å²) in [5.74, 6) is 6.50. The number of nitrogens with two attached hydrogens (primary N) is 1. The molecule has 1 heterocycles. The molecule has 4 heteroatoms. The quantitative estimate of drug-likeness (QED) is 0.686. The van der Waals surface area contributed by atoms with Gasteiger partial charge in [0.1, 0.15) is 5.82 Å². The maximum Gasteiger partial charge on any atom is 0.124 e. The van der Waals surface area contributed by atoms with Crippen LogP contribution in [0.15, 0.2) is 40.6 Å². The van der Waals surface area contributed by atoms with Crippen molar-refractivity contribution in [2.24, 2.45) is 5.73 Å². The zero-order valence-electron chi connectivity index (χ0n) is 9.65. The monoisotopic (exact) mass is 277 g/mol. The van der Waals surface area contributed by atoms with Crippen LogP contribution >= 0.6 is 23.1 Å². The second-order valence-corrected chi connectivity index (χ2v) is 5.56. The highest BCUT2D eigenvalue weighted by atomic mass is 32.2. The first-order valence-corrected chi connectivity index (χ1v) is 7.30. The van der Waals surface area contributed by atoms with Crippen LogP contribution in [0.2, 0.25) is 0 Å². The van der Waals surface area contributed by atoms with E-state index in [0.717, 1.165) is 16.2 Å². The predicted molar refractivity (Wildman–Crippen MR) is 76.2 cm³/mol. The van der Waals surface area contributed by atoms with E-state index in [-0.39, 0.29) is 5.82 Å². The highest BCUT2D eigenvalue weighted by molar-refractivity contribution is 7.98. The normalized spacial score (nSPS) is 9.89. The van der Waals surface area contributed by atoms with Gasteiger partial charge in [0.2, 0.25) is 0 Å². The molecule has 0 unspecified atom stereocenters. The summed E-state index contributed by atoms with van der Waals surface area (Å²) in [5.41, 5.74) is 6.38. The van der Waals surface area contributed by atoms with Gasteiger partial charge >= 0.3 is 0 Å². The van der Waals surface area contributed by atoms with E-state index in [1.54, 1.807) is 35.2 Å². The van der Waals surface area contributed by atoms with Crippen LogP contribution in [0.4, 0.5) is 4.39 Å². The van der Waals surface area contributed by atoms with Crippen LogP contribution in [0, 0.1) is 17.7 Å². The molecule has 0 radical (unpaired) electrons. The fourth-order valence-electron chi connectivity index (χ4n) is 1.42. The Labute approximate surface area is 114 Å². The van der Waals surface area contributed by atoms with Crippen molar-refractivity contribution in [3.63, 3.8) is 0 Å². The van der Waals surface area contributed by atoms with Crippen LogP contribution in [0.3, 0.4) is 0 Å². The Hall–Kier alpha value is -1.28. The van der Waals surface area contributed by atoms with Gasteiger partial charge in [0, 0.05) is 21.1 Å². The first-order valence-electron chi connectivity index (χ1n) is 5.43. The molecule has 2 N–H and O–H groups in total. The van der Waals surface area contributed by atoms with Gasteiger partial charge < -0.3 is 5.73 Å². The van der Waals surface area contributed by atoms with E-state index in [0.29, 0.717) is 6.54 Å². The van der Waals surface area contributed by atoms with Crippen molar-refractivity contribution in [1.82, 2.24) is 0 Å². The molecule has 1 aromatic carbocycles. The topological polar surface area (TPSA) is 26.0 Å². The molecule has 0 aliphatic carbocycles. The molecule has 18 heavy (non-hydrogen) atoms. The van der Waals surface area contributed by atoms with Gasteiger partial charge in [-0.2, -0.15) is 0 Å². The largest absolute Gasteiger partial charge is 0.320 e. The molecule has 0 atom stereocenters. The Morgan fingerprint density at radius 2 is 2.22 bits per heavy atom. The van der Waals surface area contributed by atoms with E-state index < -0.39 is 0 Å². The Kier molecular flexibility index (Phi) is 4.82. The standard InChI is InChI=1S/C14H12FNS2/c15-12-4-1-5-13(9-12)18-10-14-11(3-2-7-16)6-8-17-14/h1,4-6,8-9H,7,10,16H2. The summed E-state index contributed by atoms with van der Waals surface area (Å²) in [6, 6.07) is 8.62. The van der Waals surface area contributed by atoms with Gasteiger partial charge in [-0.15, -0.1) is 23.1 Å². The molecule has 0 spiro atoms. The second-order valence-electron chi connectivity index (χ2n) is 3.51. The fourth-order valence-corrected chi connectivity index (χ4v) is 3.30. The average molecular weight is 277 g/mol. The van der Waals surface area contributed by atoms with Crippen molar-refractivity contribution < 1.29 is 4.39 Å². The Bertz CT molecular complexity index is 581. The molecule has 0 aliphatic rings. The van der Waals surface area contributed by atoms with Gasteiger partial charge in [-0.1, -0.05) is 17.9 Å². The average Bonchev–Trinajstić information content (AvgIpc) is 2.81. The zero-order valence-corrected chi connectivity index (χ0v) is 11.3. The highest BCUT2D eigenvalue weighted by Crippen LogP contribution is 2.27. The molecule has 2 aromatic rings. The lowest BCUT2D eigenvalue weighted by molar-refractivity contribution is 0.624. The summed E-state index contributed by atoms with van der Waals surface area (Å²) in [7, 11) is 0. The Morgan fingerprint density at radius 3 is 3.00 bits per heavy atom. The third kappa shape index (κ3) is 3.61. The van der Waals surface area contributed by atoms with Gasteiger partial charge in [-0.3, -0.25) is 0 Å². The number of thioether (sulfide) groups is 1. The van der Waals surface area contributed by atoms with Gasteiger partial charge in [-0.05, 0) is 29.6 Å².